The molecule has 2 N–H and O–H groups in total. The van der Waals surface area contributed by atoms with E-state index in [0.717, 1.165) is 12.1 Å². The number of carbonyl (C=O) groups is 1. The fourth-order valence-corrected chi connectivity index (χ4v) is 2.47. The van der Waals surface area contributed by atoms with Crippen LogP contribution in [-0.2, 0) is 9.53 Å². The van der Waals surface area contributed by atoms with Gasteiger partial charge in [-0.2, -0.15) is 0 Å². The molecule has 1 aromatic rings. The van der Waals surface area contributed by atoms with Crippen molar-refractivity contribution in [3.05, 3.63) is 21.9 Å². The summed E-state index contributed by atoms with van der Waals surface area (Å²) in [6, 6.07) is 1.65. The number of aryl methyl sites for hydroxylation is 1. The second-order valence-electron chi connectivity index (χ2n) is 4.38. The summed E-state index contributed by atoms with van der Waals surface area (Å²) in [5.74, 6) is -0.150. The maximum atomic E-state index is 11.9. The Morgan fingerprint density at radius 2 is 2.42 bits per heavy atom. The van der Waals surface area contributed by atoms with Gasteiger partial charge in [0.05, 0.1) is 24.8 Å². The number of pyridine rings is 1. The van der Waals surface area contributed by atoms with Gasteiger partial charge in [-0.1, -0.05) is 23.2 Å². The highest BCUT2D eigenvalue weighted by atomic mass is 35.5. The maximum absolute atomic E-state index is 11.9. The van der Waals surface area contributed by atoms with Crippen LogP contribution in [0.15, 0.2) is 6.07 Å². The molecule has 1 aromatic heterocycles. The van der Waals surface area contributed by atoms with E-state index in [0.29, 0.717) is 24.0 Å². The first-order valence-corrected chi connectivity index (χ1v) is 6.76. The highest BCUT2D eigenvalue weighted by Gasteiger charge is 2.19. The van der Waals surface area contributed by atoms with Crippen LogP contribution in [-0.4, -0.2) is 36.7 Å². The third kappa shape index (κ3) is 4.04. The first-order chi connectivity index (χ1) is 9.06. The number of anilines is 1. The summed E-state index contributed by atoms with van der Waals surface area (Å²) in [6.07, 6.45) is 0.180. The number of amides is 1. The van der Waals surface area contributed by atoms with Crippen molar-refractivity contribution in [3.8, 4) is 0 Å². The van der Waals surface area contributed by atoms with Gasteiger partial charge in [0.25, 0.3) is 0 Å². The molecule has 1 fully saturated rings. The van der Waals surface area contributed by atoms with Gasteiger partial charge >= 0.3 is 0 Å². The summed E-state index contributed by atoms with van der Waals surface area (Å²) in [4.78, 5) is 15.8. The summed E-state index contributed by atoms with van der Waals surface area (Å²) < 4.78 is 5.47. The van der Waals surface area contributed by atoms with Crippen LogP contribution in [0.1, 0.15) is 12.0 Å². The van der Waals surface area contributed by atoms with E-state index in [4.69, 9.17) is 27.9 Å². The number of hydrogen-bond donors (Lipinski definition) is 2. The Morgan fingerprint density at radius 3 is 3.05 bits per heavy atom. The Labute approximate surface area is 121 Å². The van der Waals surface area contributed by atoms with E-state index in [1.165, 1.54) is 0 Å². The number of hydrogen-bond acceptors (Lipinski definition) is 4. The standard InChI is InChI=1S/C12H15Cl2N3O2/c1-7-4-9(13)16-12(14)11(7)17-10(18)5-8-6-15-2-3-19-8/h4,8,15H,2-3,5-6H2,1H3,(H,17,18). The molecule has 0 bridgehead atoms. The summed E-state index contributed by atoms with van der Waals surface area (Å²) in [5.41, 5.74) is 1.28. The van der Waals surface area contributed by atoms with Crippen molar-refractivity contribution in [1.29, 1.82) is 0 Å². The van der Waals surface area contributed by atoms with Crippen molar-refractivity contribution >= 4 is 34.8 Å². The van der Waals surface area contributed by atoms with Gasteiger partial charge in [0.2, 0.25) is 5.91 Å². The monoisotopic (exact) mass is 303 g/mol. The van der Waals surface area contributed by atoms with E-state index in [9.17, 15) is 4.79 Å². The molecular formula is C12H15Cl2N3O2. The minimum Gasteiger partial charge on any atom is -0.375 e. The zero-order chi connectivity index (χ0) is 13.8. The highest BCUT2D eigenvalue weighted by Crippen LogP contribution is 2.26. The molecule has 1 aliphatic rings. The number of ether oxygens (including phenoxy) is 1. The lowest BCUT2D eigenvalue weighted by molar-refractivity contribution is -0.119. The molecule has 0 spiro atoms. The van der Waals surface area contributed by atoms with Crippen molar-refractivity contribution in [2.24, 2.45) is 0 Å². The van der Waals surface area contributed by atoms with Crippen LogP contribution >= 0.6 is 23.2 Å². The van der Waals surface area contributed by atoms with Gasteiger partial charge in [-0.25, -0.2) is 4.98 Å². The molecule has 2 heterocycles. The molecule has 7 heteroatoms. The zero-order valence-electron chi connectivity index (χ0n) is 10.5. The van der Waals surface area contributed by atoms with Crippen LogP contribution in [0.3, 0.4) is 0 Å². The Bertz CT molecular complexity index is 453. The molecule has 0 aliphatic carbocycles. The molecule has 0 aromatic carbocycles. The number of nitrogens with zero attached hydrogens (tertiary/aromatic N) is 1. The summed E-state index contributed by atoms with van der Waals surface area (Å²) >= 11 is 11.7. The largest absolute Gasteiger partial charge is 0.375 e. The molecule has 19 heavy (non-hydrogen) atoms. The fourth-order valence-electron chi connectivity index (χ4n) is 1.89. The number of rotatable bonds is 3. The van der Waals surface area contributed by atoms with Crippen molar-refractivity contribution in [1.82, 2.24) is 10.3 Å². The normalized spacial score (nSPS) is 19.2. The highest BCUT2D eigenvalue weighted by molar-refractivity contribution is 6.34. The number of halogens is 2. The van der Waals surface area contributed by atoms with E-state index in [2.05, 4.69) is 15.6 Å². The average molecular weight is 304 g/mol. The van der Waals surface area contributed by atoms with Crippen LogP contribution in [0.25, 0.3) is 0 Å². The van der Waals surface area contributed by atoms with E-state index in [1.807, 2.05) is 6.92 Å². The summed E-state index contributed by atoms with van der Waals surface area (Å²) in [7, 11) is 0. The third-order valence-electron chi connectivity index (χ3n) is 2.82. The molecule has 1 atom stereocenters. The Morgan fingerprint density at radius 1 is 1.63 bits per heavy atom. The molecule has 1 unspecified atom stereocenters. The lowest BCUT2D eigenvalue weighted by atomic mass is 10.2. The van der Waals surface area contributed by atoms with Crippen LogP contribution in [0, 0.1) is 6.92 Å². The Hall–Kier alpha value is -0.880. The van der Waals surface area contributed by atoms with E-state index < -0.39 is 0 Å². The van der Waals surface area contributed by atoms with Gasteiger partial charge in [0, 0.05) is 13.1 Å². The topological polar surface area (TPSA) is 63.2 Å². The first-order valence-electron chi connectivity index (χ1n) is 6.01. The van der Waals surface area contributed by atoms with Gasteiger partial charge in [-0.3, -0.25) is 4.79 Å². The van der Waals surface area contributed by atoms with Gasteiger partial charge in [0.1, 0.15) is 5.15 Å². The minimum absolute atomic E-state index is 0.104. The van der Waals surface area contributed by atoms with Crippen molar-refractivity contribution in [2.45, 2.75) is 19.4 Å². The quantitative estimate of drug-likeness (QED) is 0.839. The van der Waals surface area contributed by atoms with Crippen molar-refractivity contribution in [2.75, 3.05) is 25.0 Å². The van der Waals surface area contributed by atoms with Crippen molar-refractivity contribution in [3.63, 3.8) is 0 Å². The zero-order valence-corrected chi connectivity index (χ0v) is 12.0. The van der Waals surface area contributed by atoms with Crippen molar-refractivity contribution < 1.29 is 9.53 Å². The van der Waals surface area contributed by atoms with E-state index >= 15 is 0 Å². The predicted octanol–water partition coefficient (Wildman–Crippen LogP) is 2.01. The number of aromatic nitrogens is 1. The van der Waals surface area contributed by atoms with Gasteiger partial charge < -0.3 is 15.4 Å². The lowest BCUT2D eigenvalue weighted by Gasteiger charge is -2.23. The van der Waals surface area contributed by atoms with Gasteiger partial charge in [0.15, 0.2) is 5.15 Å². The van der Waals surface area contributed by atoms with E-state index in [1.54, 1.807) is 6.07 Å². The molecule has 0 saturated carbocycles. The number of morpholine rings is 1. The maximum Gasteiger partial charge on any atom is 0.227 e. The lowest BCUT2D eigenvalue weighted by Crippen LogP contribution is -2.40. The molecule has 1 amide bonds. The minimum atomic E-state index is -0.150. The Kier molecular flexibility index (Phi) is 4.99. The predicted molar refractivity (Wildman–Crippen MR) is 74.9 cm³/mol. The molecular weight excluding hydrogens is 289 g/mol. The SMILES string of the molecule is Cc1cc(Cl)nc(Cl)c1NC(=O)CC1CNCCO1. The third-order valence-corrected chi connectivity index (χ3v) is 3.29. The molecule has 5 nitrogen and oxygen atoms in total. The molecule has 1 saturated heterocycles. The Balaban J connectivity index is 1.98. The first kappa shape index (κ1) is 14.5. The molecule has 2 rings (SSSR count). The van der Waals surface area contributed by atoms with Crippen LogP contribution in [0.5, 0.6) is 0 Å². The summed E-state index contributed by atoms with van der Waals surface area (Å²) in [5, 5.41) is 6.43. The van der Waals surface area contributed by atoms with Crippen LogP contribution < -0.4 is 10.6 Å². The molecule has 1 aliphatic heterocycles. The number of nitrogens with one attached hydrogen (secondary N) is 2. The summed E-state index contributed by atoms with van der Waals surface area (Å²) in [6.45, 7) is 3.94. The van der Waals surface area contributed by atoms with Gasteiger partial charge in [-0.15, -0.1) is 0 Å². The smallest absolute Gasteiger partial charge is 0.227 e. The fraction of sp³-hybridized carbons (Fsp3) is 0.500. The van der Waals surface area contributed by atoms with Crippen LogP contribution in [0.4, 0.5) is 5.69 Å². The van der Waals surface area contributed by atoms with Crippen LogP contribution in [0.2, 0.25) is 10.3 Å². The second kappa shape index (κ2) is 6.52. The number of carbonyl (C=O) groups excluding carboxylic acids is 1. The average Bonchev–Trinajstić information content (AvgIpc) is 2.35. The van der Waals surface area contributed by atoms with E-state index in [-0.39, 0.29) is 23.6 Å². The molecule has 0 radical (unpaired) electrons. The van der Waals surface area contributed by atoms with Gasteiger partial charge in [-0.05, 0) is 18.6 Å². The molecule has 104 valence electrons. The second-order valence-corrected chi connectivity index (χ2v) is 5.12.